The number of guanidine groups is 1. The van der Waals surface area contributed by atoms with Gasteiger partial charge in [-0.2, -0.15) is 0 Å². The number of ether oxygens (including phenoxy) is 2. The minimum absolute atomic E-state index is 0. The van der Waals surface area contributed by atoms with E-state index in [1.807, 2.05) is 6.07 Å². The molecule has 1 aromatic heterocycles. The zero-order valence-electron chi connectivity index (χ0n) is 18.1. The van der Waals surface area contributed by atoms with Crippen LogP contribution in [0.25, 0.3) is 10.9 Å². The van der Waals surface area contributed by atoms with Gasteiger partial charge in [-0.25, -0.2) is 4.99 Å². The number of para-hydroxylation sites is 1. The summed E-state index contributed by atoms with van der Waals surface area (Å²) in [7, 11) is 0. The number of aromatic amines is 1. The quantitative estimate of drug-likeness (QED) is 0.237. The lowest BCUT2D eigenvalue weighted by Gasteiger charge is -2.16. The summed E-state index contributed by atoms with van der Waals surface area (Å²) in [6.07, 6.45) is 1.06. The first-order valence-electron chi connectivity index (χ1n) is 10.6. The first-order chi connectivity index (χ1) is 14.7. The highest BCUT2D eigenvalue weighted by atomic mass is 127. The topological polar surface area (TPSA) is 70.7 Å². The van der Waals surface area contributed by atoms with Crippen molar-refractivity contribution in [3.63, 3.8) is 0 Å². The van der Waals surface area contributed by atoms with Crippen LogP contribution in [-0.4, -0.2) is 36.8 Å². The van der Waals surface area contributed by atoms with Crippen LogP contribution >= 0.6 is 24.0 Å². The van der Waals surface area contributed by atoms with Crippen molar-refractivity contribution in [2.45, 2.75) is 39.5 Å². The van der Waals surface area contributed by atoms with Crippen LogP contribution in [0.2, 0.25) is 0 Å². The highest BCUT2D eigenvalue weighted by molar-refractivity contribution is 14.0. The minimum atomic E-state index is 0. The second-order valence-corrected chi connectivity index (χ2v) is 7.65. The number of H-pyrrole nitrogens is 1. The standard InChI is InChI=1S/C24H30N4O2.HI/c1-3-25-24(27-15-20-13-18-6-4-5-7-22(18)28-20)26-14-19-9-8-17(2)12-23(19)30-21-10-11-29-16-21;/h4-9,12-13,21,28H,3,10-11,14-16H2,1-2H3,(H2,25,26,27);1H. The summed E-state index contributed by atoms with van der Waals surface area (Å²) in [6.45, 7) is 7.60. The van der Waals surface area contributed by atoms with Gasteiger partial charge < -0.3 is 25.1 Å². The Morgan fingerprint density at radius 3 is 2.84 bits per heavy atom. The second-order valence-electron chi connectivity index (χ2n) is 7.65. The average Bonchev–Trinajstić information content (AvgIpc) is 3.40. The van der Waals surface area contributed by atoms with Gasteiger partial charge in [-0.05, 0) is 43.0 Å². The van der Waals surface area contributed by atoms with Crippen molar-refractivity contribution in [1.29, 1.82) is 0 Å². The van der Waals surface area contributed by atoms with E-state index in [2.05, 4.69) is 71.9 Å². The third-order valence-electron chi connectivity index (χ3n) is 5.19. The van der Waals surface area contributed by atoms with E-state index in [9.17, 15) is 0 Å². The van der Waals surface area contributed by atoms with Crippen molar-refractivity contribution >= 4 is 40.8 Å². The highest BCUT2D eigenvalue weighted by Crippen LogP contribution is 2.24. The normalized spacial score (nSPS) is 16.2. The van der Waals surface area contributed by atoms with Crippen LogP contribution < -0.4 is 15.4 Å². The Kier molecular flexibility index (Phi) is 8.60. The lowest BCUT2D eigenvalue weighted by molar-refractivity contribution is 0.140. The van der Waals surface area contributed by atoms with Gasteiger partial charge in [0, 0.05) is 29.7 Å². The molecule has 3 aromatic rings. The summed E-state index contributed by atoms with van der Waals surface area (Å²) in [6, 6.07) is 16.8. The molecule has 0 spiro atoms. The fourth-order valence-electron chi connectivity index (χ4n) is 3.60. The number of halogens is 1. The molecule has 2 aromatic carbocycles. The number of nitrogens with one attached hydrogen (secondary N) is 3. The molecule has 166 valence electrons. The number of hydrogen-bond donors (Lipinski definition) is 3. The van der Waals surface area contributed by atoms with E-state index >= 15 is 0 Å². The zero-order chi connectivity index (χ0) is 20.8. The summed E-state index contributed by atoms with van der Waals surface area (Å²) in [5.41, 5.74) is 4.53. The maximum atomic E-state index is 6.20. The van der Waals surface area contributed by atoms with E-state index in [-0.39, 0.29) is 30.1 Å². The Bertz CT molecular complexity index is 979. The summed E-state index contributed by atoms with van der Waals surface area (Å²) < 4.78 is 11.7. The molecule has 1 unspecified atom stereocenters. The van der Waals surface area contributed by atoms with E-state index in [4.69, 9.17) is 14.5 Å². The summed E-state index contributed by atoms with van der Waals surface area (Å²) >= 11 is 0. The highest BCUT2D eigenvalue weighted by Gasteiger charge is 2.18. The molecule has 4 rings (SSSR count). The van der Waals surface area contributed by atoms with Gasteiger partial charge in [-0.3, -0.25) is 0 Å². The number of hydrogen-bond acceptors (Lipinski definition) is 3. The number of rotatable bonds is 7. The van der Waals surface area contributed by atoms with Crippen LogP contribution in [0, 0.1) is 6.92 Å². The molecular weight excluding hydrogens is 503 g/mol. The van der Waals surface area contributed by atoms with Crippen molar-refractivity contribution in [1.82, 2.24) is 15.6 Å². The van der Waals surface area contributed by atoms with Crippen LogP contribution in [0.4, 0.5) is 0 Å². The molecule has 2 heterocycles. The van der Waals surface area contributed by atoms with E-state index in [1.54, 1.807) is 0 Å². The van der Waals surface area contributed by atoms with Crippen molar-refractivity contribution < 1.29 is 9.47 Å². The molecular formula is C24H31IN4O2. The molecule has 0 saturated carbocycles. The van der Waals surface area contributed by atoms with Crippen LogP contribution in [0.1, 0.15) is 30.2 Å². The Balaban J connectivity index is 0.00000272. The monoisotopic (exact) mass is 534 g/mol. The van der Waals surface area contributed by atoms with Crippen molar-refractivity contribution in [2.75, 3.05) is 19.8 Å². The fourth-order valence-corrected chi connectivity index (χ4v) is 3.60. The third-order valence-corrected chi connectivity index (χ3v) is 5.19. The first-order valence-corrected chi connectivity index (χ1v) is 10.6. The SMILES string of the molecule is CCNC(=NCc1ccc(C)cc1OC1CCOC1)NCc1cc2ccccc2[nH]1.I. The van der Waals surface area contributed by atoms with Crippen molar-refractivity contribution in [2.24, 2.45) is 4.99 Å². The van der Waals surface area contributed by atoms with Crippen LogP contribution in [-0.2, 0) is 17.8 Å². The maximum Gasteiger partial charge on any atom is 0.191 e. The summed E-state index contributed by atoms with van der Waals surface area (Å²) in [5, 5.41) is 7.96. The van der Waals surface area contributed by atoms with E-state index < -0.39 is 0 Å². The molecule has 1 saturated heterocycles. The molecule has 1 fully saturated rings. The smallest absolute Gasteiger partial charge is 0.191 e. The molecule has 0 radical (unpaired) electrons. The van der Waals surface area contributed by atoms with Crippen molar-refractivity contribution in [3.05, 3.63) is 65.4 Å². The number of benzene rings is 2. The number of aromatic nitrogens is 1. The fraction of sp³-hybridized carbons (Fsp3) is 0.375. The van der Waals surface area contributed by atoms with Gasteiger partial charge in [0.1, 0.15) is 11.9 Å². The summed E-state index contributed by atoms with van der Waals surface area (Å²) in [4.78, 5) is 8.23. The average molecular weight is 534 g/mol. The van der Waals surface area contributed by atoms with Gasteiger partial charge in [-0.1, -0.05) is 30.3 Å². The molecule has 0 aliphatic carbocycles. The Morgan fingerprint density at radius 1 is 1.19 bits per heavy atom. The van der Waals surface area contributed by atoms with Gasteiger partial charge >= 0.3 is 0 Å². The molecule has 3 N–H and O–H groups in total. The number of aliphatic imine (C=N–C) groups is 1. The molecule has 1 aliphatic rings. The first kappa shape index (κ1) is 23.4. The molecule has 6 nitrogen and oxygen atoms in total. The van der Waals surface area contributed by atoms with Crippen LogP contribution in [0.3, 0.4) is 0 Å². The van der Waals surface area contributed by atoms with E-state index in [0.717, 1.165) is 48.1 Å². The maximum absolute atomic E-state index is 6.20. The van der Waals surface area contributed by atoms with E-state index in [0.29, 0.717) is 19.7 Å². The Hall–Kier alpha value is -2.26. The van der Waals surface area contributed by atoms with E-state index in [1.165, 1.54) is 10.9 Å². The third kappa shape index (κ3) is 6.36. The molecule has 1 aliphatic heterocycles. The van der Waals surface area contributed by atoms with Gasteiger partial charge in [0.05, 0.1) is 26.3 Å². The van der Waals surface area contributed by atoms with Crippen molar-refractivity contribution in [3.8, 4) is 5.75 Å². The number of aryl methyl sites for hydroxylation is 1. The Labute approximate surface area is 200 Å². The number of fused-ring (bicyclic) bond motifs is 1. The molecule has 31 heavy (non-hydrogen) atoms. The lowest BCUT2D eigenvalue weighted by atomic mass is 10.1. The summed E-state index contributed by atoms with van der Waals surface area (Å²) in [5.74, 6) is 1.69. The van der Waals surface area contributed by atoms with Gasteiger partial charge in [0.25, 0.3) is 0 Å². The van der Waals surface area contributed by atoms with Gasteiger partial charge in [-0.15, -0.1) is 24.0 Å². The molecule has 7 heteroatoms. The lowest BCUT2D eigenvalue weighted by Crippen LogP contribution is -2.36. The second kappa shape index (κ2) is 11.4. The largest absolute Gasteiger partial charge is 0.488 e. The predicted molar refractivity (Wildman–Crippen MR) is 136 cm³/mol. The van der Waals surface area contributed by atoms with Gasteiger partial charge in [0.2, 0.25) is 0 Å². The predicted octanol–water partition coefficient (Wildman–Crippen LogP) is 4.52. The minimum Gasteiger partial charge on any atom is -0.488 e. The Morgan fingerprint density at radius 2 is 2.06 bits per heavy atom. The molecule has 1 atom stereocenters. The zero-order valence-corrected chi connectivity index (χ0v) is 20.4. The molecule has 0 bridgehead atoms. The number of nitrogens with zero attached hydrogens (tertiary/aromatic N) is 1. The van der Waals surface area contributed by atoms with Crippen LogP contribution in [0.5, 0.6) is 5.75 Å². The van der Waals surface area contributed by atoms with Gasteiger partial charge in [0.15, 0.2) is 5.96 Å². The molecule has 0 amide bonds. The van der Waals surface area contributed by atoms with Crippen LogP contribution in [0.15, 0.2) is 53.5 Å².